The van der Waals surface area contributed by atoms with Crippen LogP contribution in [-0.2, 0) is 20.8 Å². The lowest BCUT2D eigenvalue weighted by atomic mass is 10.1. The largest absolute Gasteiger partial charge is 0.467 e. The van der Waals surface area contributed by atoms with Crippen LogP contribution in [-0.4, -0.2) is 45.8 Å². The SMILES string of the molecule is CCn1ncc2c(NC3CCOC(=O)C3)c(C3=NC[C@H](c4ccccc4)O3)cnc21. The third-order valence-electron chi connectivity index (χ3n) is 5.51. The molecule has 0 spiro atoms. The number of carbonyl (C=O) groups is 1. The third kappa shape index (κ3) is 3.38. The van der Waals surface area contributed by atoms with Gasteiger partial charge in [-0.05, 0) is 12.5 Å². The first-order valence-electron chi connectivity index (χ1n) is 10.3. The van der Waals surface area contributed by atoms with Crippen molar-refractivity contribution >= 4 is 28.6 Å². The van der Waals surface area contributed by atoms with Crippen molar-refractivity contribution in [2.45, 2.75) is 38.5 Å². The van der Waals surface area contributed by atoms with Crippen LogP contribution in [0.5, 0.6) is 0 Å². The Bertz CT molecular complexity index is 1110. The molecular weight excluding hydrogens is 382 g/mol. The normalized spacial score (nSPS) is 21.2. The van der Waals surface area contributed by atoms with Crippen LogP contribution >= 0.6 is 0 Å². The number of nitrogens with zero attached hydrogens (tertiary/aromatic N) is 4. The number of cyclic esters (lactones) is 1. The molecule has 2 aliphatic heterocycles. The highest BCUT2D eigenvalue weighted by atomic mass is 16.5. The molecule has 30 heavy (non-hydrogen) atoms. The monoisotopic (exact) mass is 405 g/mol. The second-order valence-electron chi connectivity index (χ2n) is 7.46. The zero-order valence-electron chi connectivity index (χ0n) is 16.7. The lowest BCUT2D eigenvalue weighted by molar-refractivity contribution is -0.147. The molecule has 1 fully saturated rings. The molecule has 2 aromatic heterocycles. The number of carbonyl (C=O) groups excluding carboxylic acids is 1. The van der Waals surface area contributed by atoms with Crippen molar-refractivity contribution in [1.29, 1.82) is 0 Å². The van der Waals surface area contributed by atoms with Crippen LogP contribution in [0.3, 0.4) is 0 Å². The lowest BCUT2D eigenvalue weighted by Crippen LogP contribution is -2.31. The van der Waals surface area contributed by atoms with Gasteiger partial charge in [-0.25, -0.2) is 14.7 Å². The summed E-state index contributed by atoms with van der Waals surface area (Å²) < 4.78 is 13.2. The molecule has 2 atom stereocenters. The molecule has 0 amide bonds. The number of nitrogens with one attached hydrogen (secondary N) is 1. The molecule has 8 nitrogen and oxygen atoms in total. The van der Waals surface area contributed by atoms with Crippen molar-refractivity contribution in [3.05, 3.63) is 53.9 Å². The number of benzene rings is 1. The number of aryl methyl sites for hydroxylation is 1. The number of aromatic nitrogens is 3. The van der Waals surface area contributed by atoms with Crippen LogP contribution in [0.25, 0.3) is 11.0 Å². The van der Waals surface area contributed by atoms with E-state index in [2.05, 4.69) is 20.4 Å². The molecule has 0 bridgehead atoms. The highest BCUT2D eigenvalue weighted by molar-refractivity contribution is 6.07. The fourth-order valence-electron chi connectivity index (χ4n) is 3.95. The van der Waals surface area contributed by atoms with Gasteiger partial charge in [-0.15, -0.1) is 0 Å². The first kappa shape index (κ1) is 18.6. The summed E-state index contributed by atoms with van der Waals surface area (Å²) in [6.45, 7) is 3.72. The van der Waals surface area contributed by atoms with Crippen molar-refractivity contribution in [1.82, 2.24) is 14.8 Å². The van der Waals surface area contributed by atoms with E-state index in [0.29, 0.717) is 25.5 Å². The Hall–Kier alpha value is -3.42. The smallest absolute Gasteiger partial charge is 0.307 e. The first-order chi connectivity index (χ1) is 14.7. The Kier molecular flexibility index (Phi) is 4.82. The predicted octanol–water partition coefficient (Wildman–Crippen LogP) is 3.09. The molecule has 4 heterocycles. The predicted molar refractivity (Wildman–Crippen MR) is 112 cm³/mol. The van der Waals surface area contributed by atoms with Gasteiger partial charge >= 0.3 is 5.97 Å². The molecular formula is C22H23N5O3. The summed E-state index contributed by atoms with van der Waals surface area (Å²) in [5, 5.41) is 8.88. The fraction of sp³-hybridized carbons (Fsp3) is 0.364. The number of esters is 1. The van der Waals surface area contributed by atoms with Gasteiger partial charge < -0.3 is 14.8 Å². The molecule has 3 aromatic rings. The summed E-state index contributed by atoms with van der Waals surface area (Å²) in [5.41, 5.74) is 3.52. The van der Waals surface area contributed by atoms with Gasteiger partial charge in [0.25, 0.3) is 0 Å². The van der Waals surface area contributed by atoms with E-state index < -0.39 is 0 Å². The Morgan fingerprint density at radius 2 is 2.10 bits per heavy atom. The molecule has 154 valence electrons. The van der Waals surface area contributed by atoms with Gasteiger partial charge in [-0.2, -0.15) is 5.10 Å². The summed E-state index contributed by atoms with van der Waals surface area (Å²) in [6, 6.07) is 10.1. The average Bonchev–Trinajstić information content (AvgIpc) is 3.42. The molecule has 2 aliphatic rings. The van der Waals surface area contributed by atoms with Crippen LogP contribution in [0.4, 0.5) is 5.69 Å². The van der Waals surface area contributed by atoms with Crippen molar-refractivity contribution in [2.24, 2.45) is 4.99 Å². The molecule has 8 heteroatoms. The average molecular weight is 405 g/mol. The van der Waals surface area contributed by atoms with Crippen LogP contribution in [0.15, 0.2) is 47.7 Å². The highest BCUT2D eigenvalue weighted by Gasteiger charge is 2.28. The Morgan fingerprint density at radius 3 is 2.90 bits per heavy atom. The summed E-state index contributed by atoms with van der Waals surface area (Å²) in [5.74, 6) is 0.372. The molecule has 1 saturated heterocycles. The summed E-state index contributed by atoms with van der Waals surface area (Å²) >= 11 is 0. The van der Waals surface area contributed by atoms with Gasteiger partial charge in [-0.1, -0.05) is 30.3 Å². The number of hydrogen-bond acceptors (Lipinski definition) is 7. The summed E-state index contributed by atoms with van der Waals surface area (Å²) in [7, 11) is 0. The van der Waals surface area contributed by atoms with Crippen molar-refractivity contribution in [3.63, 3.8) is 0 Å². The van der Waals surface area contributed by atoms with Crippen LogP contribution in [0.1, 0.15) is 37.0 Å². The van der Waals surface area contributed by atoms with Crippen LogP contribution in [0, 0.1) is 0 Å². The third-order valence-corrected chi connectivity index (χ3v) is 5.51. The second kappa shape index (κ2) is 7.78. The van der Waals surface area contributed by atoms with Gasteiger partial charge in [0.05, 0.1) is 42.4 Å². The number of aliphatic imine (C=N–C) groups is 1. The van der Waals surface area contributed by atoms with Crippen molar-refractivity contribution in [2.75, 3.05) is 18.5 Å². The zero-order chi connectivity index (χ0) is 20.5. The van der Waals surface area contributed by atoms with E-state index in [1.807, 2.05) is 48.1 Å². The number of hydrogen-bond donors (Lipinski definition) is 1. The highest BCUT2D eigenvalue weighted by Crippen LogP contribution is 2.33. The Morgan fingerprint density at radius 1 is 1.23 bits per heavy atom. The quantitative estimate of drug-likeness (QED) is 0.656. The first-order valence-corrected chi connectivity index (χ1v) is 10.3. The second-order valence-corrected chi connectivity index (χ2v) is 7.46. The van der Waals surface area contributed by atoms with Crippen LogP contribution < -0.4 is 5.32 Å². The number of ether oxygens (including phenoxy) is 2. The molecule has 1 aromatic carbocycles. The number of fused-ring (bicyclic) bond motifs is 1. The van der Waals surface area contributed by atoms with Gasteiger partial charge in [0, 0.05) is 25.2 Å². The maximum absolute atomic E-state index is 11.8. The molecule has 0 aliphatic carbocycles. The van der Waals surface area contributed by atoms with E-state index in [0.717, 1.165) is 40.8 Å². The lowest BCUT2D eigenvalue weighted by Gasteiger charge is -2.25. The minimum atomic E-state index is -0.187. The van der Waals surface area contributed by atoms with E-state index in [1.54, 1.807) is 6.20 Å². The molecule has 1 N–H and O–H groups in total. The fourth-order valence-corrected chi connectivity index (χ4v) is 3.95. The van der Waals surface area contributed by atoms with Gasteiger partial charge in [0.1, 0.15) is 6.10 Å². The van der Waals surface area contributed by atoms with Crippen molar-refractivity contribution in [3.8, 4) is 0 Å². The Balaban J connectivity index is 1.50. The molecule has 0 saturated carbocycles. The topological polar surface area (TPSA) is 90.6 Å². The minimum absolute atomic E-state index is 0.0208. The van der Waals surface area contributed by atoms with Gasteiger partial charge in [-0.3, -0.25) is 4.79 Å². The number of rotatable bonds is 5. The van der Waals surface area contributed by atoms with E-state index in [1.165, 1.54) is 0 Å². The standard InChI is InChI=1S/C22H23N5O3/c1-2-27-21-16(12-25-27)20(26-15-8-9-29-19(28)10-15)17(11-23-21)22-24-13-18(30-22)14-6-4-3-5-7-14/h3-7,11-12,15,18H,2,8-10,13H2,1H3,(H,23,26)/t15?,18-/m1/s1. The van der Waals surface area contributed by atoms with E-state index in [9.17, 15) is 4.79 Å². The molecule has 0 radical (unpaired) electrons. The van der Waals surface area contributed by atoms with Gasteiger partial charge in [0.2, 0.25) is 5.90 Å². The van der Waals surface area contributed by atoms with Crippen LogP contribution in [0.2, 0.25) is 0 Å². The van der Waals surface area contributed by atoms with Gasteiger partial charge in [0.15, 0.2) is 5.65 Å². The summed E-state index contributed by atoms with van der Waals surface area (Å²) in [4.78, 5) is 21.1. The zero-order valence-corrected chi connectivity index (χ0v) is 16.7. The minimum Gasteiger partial charge on any atom is -0.467 e. The maximum Gasteiger partial charge on any atom is 0.307 e. The number of pyridine rings is 1. The molecule has 1 unspecified atom stereocenters. The van der Waals surface area contributed by atoms with Crippen molar-refractivity contribution < 1.29 is 14.3 Å². The van der Waals surface area contributed by atoms with E-state index in [-0.39, 0.29) is 18.1 Å². The maximum atomic E-state index is 11.8. The number of anilines is 1. The summed E-state index contributed by atoms with van der Waals surface area (Å²) in [6.07, 6.45) is 4.55. The Labute approximate surface area is 173 Å². The van der Waals surface area contributed by atoms with E-state index in [4.69, 9.17) is 9.47 Å². The molecule has 5 rings (SSSR count). The van der Waals surface area contributed by atoms with E-state index >= 15 is 0 Å².